The normalized spacial score (nSPS) is 21.8. The second-order valence-corrected chi connectivity index (χ2v) is 7.22. The molecule has 0 aliphatic carbocycles. The van der Waals surface area contributed by atoms with Crippen molar-refractivity contribution in [3.05, 3.63) is 47.0 Å². The number of amides is 1. The van der Waals surface area contributed by atoms with Crippen LogP contribution in [0.2, 0.25) is 0 Å². The molecule has 0 radical (unpaired) electrons. The van der Waals surface area contributed by atoms with Crippen molar-refractivity contribution in [3.8, 4) is 0 Å². The molecule has 0 spiro atoms. The summed E-state index contributed by atoms with van der Waals surface area (Å²) in [5.74, 6) is 0.00242. The summed E-state index contributed by atoms with van der Waals surface area (Å²) >= 11 is 0. The molecule has 2 unspecified atom stereocenters. The number of rotatable bonds is 1. The molecule has 27 heavy (non-hydrogen) atoms. The maximum absolute atomic E-state index is 13.1. The summed E-state index contributed by atoms with van der Waals surface area (Å²) in [4.78, 5) is 24.1. The first kappa shape index (κ1) is 16.3. The number of carbonyl (C=O) groups excluding carboxylic acids is 1. The fourth-order valence-electron chi connectivity index (χ4n) is 3.91. The third-order valence-electron chi connectivity index (χ3n) is 5.54. The molecule has 2 aromatic heterocycles. The molecule has 0 saturated carbocycles. The molecule has 5 rings (SSSR count). The number of benzene rings is 1. The van der Waals surface area contributed by atoms with Crippen LogP contribution in [0.1, 0.15) is 39.9 Å². The minimum absolute atomic E-state index is 0.00242. The maximum atomic E-state index is 13.1. The zero-order valence-electron chi connectivity index (χ0n) is 15.3. The first-order chi connectivity index (χ1) is 13.1. The van der Waals surface area contributed by atoms with Crippen LogP contribution in [-0.2, 0) is 11.3 Å². The molecule has 1 saturated heterocycles. The Morgan fingerprint density at radius 2 is 2.00 bits per heavy atom. The van der Waals surface area contributed by atoms with Gasteiger partial charge in [0, 0.05) is 18.7 Å². The van der Waals surface area contributed by atoms with Crippen LogP contribution in [0.4, 0.5) is 0 Å². The fraction of sp³-hybridized carbons (Fsp3) is 0.421. The van der Waals surface area contributed by atoms with E-state index in [2.05, 4.69) is 20.3 Å². The van der Waals surface area contributed by atoms with Gasteiger partial charge in [0.05, 0.1) is 53.1 Å². The molecule has 0 N–H and O–H groups in total. The monoisotopic (exact) mass is 364 g/mol. The number of hydrogen-bond acceptors (Lipinski definition) is 6. The van der Waals surface area contributed by atoms with Crippen LogP contribution in [0.15, 0.2) is 24.4 Å². The second kappa shape index (κ2) is 6.09. The average Bonchev–Trinajstić information content (AvgIpc) is 3.17. The summed E-state index contributed by atoms with van der Waals surface area (Å²) in [6, 6.07) is 5.55. The Morgan fingerprint density at radius 1 is 1.19 bits per heavy atom. The van der Waals surface area contributed by atoms with Crippen LogP contribution < -0.4 is 0 Å². The van der Waals surface area contributed by atoms with E-state index < -0.39 is 0 Å². The molecule has 1 fully saturated rings. The predicted octanol–water partition coefficient (Wildman–Crippen LogP) is 1.82. The lowest BCUT2D eigenvalue weighted by Gasteiger charge is -2.41. The summed E-state index contributed by atoms with van der Waals surface area (Å²) in [7, 11) is 0. The van der Waals surface area contributed by atoms with Crippen molar-refractivity contribution in [1.29, 1.82) is 0 Å². The quantitative estimate of drug-likeness (QED) is 0.655. The van der Waals surface area contributed by atoms with Gasteiger partial charge in [-0.25, -0.2) is 14.6 Å². The van der Waals surface area contributed by atoms with Gasteiger partial charge < -0.3 is 9.64 Å². The van der Waals surface area contributed by atoms with Crippen LogP contribution in [0.5, 0.6) is 0 Å². The van der Waals surface area contributed by atoms with E-state index in [-0.39, 0.29) is 18.1 Å². The molecular weight excluding hydrogens is 344 g/mol. The lowest BCUT2D eigenvalue weighted by Crippen LogP contribution is -2.49. The summed E-state index contributed by atoms with van der Waals surface area (Å²) in [6.45, 7) is 5.64. The van der Waals surface area contributed by atoms with Gasteiger partial charge in [-0.15, -0.1) is 5.10 Å². The van der Waals surface area contributed by atoms with Gasteiger partial charge in [-0.1, -0.05) is 5.21 Å². The Labute approximate surface area is 156 Å². The minimum atomic E-state index is 0.00242. The fourth-order valence-corrected chi connectivity index (χ4v) is 3.91. The topological polar surface area (TPSA) is 86.0 Å². The zero-order valence-corrected chi connectivity index (χ0v) is 15.3. The minimum Gasteiger partial charge on any atom is -0.370 e. The van der Waals surface area contributed by atoms with Crippen LogP contribution >= 0.6 is 0 Å². The van der Waals surface area contributed by atoms with Gasteiger partial charge >= 0.3 is 0 Å². The molecule has 0 bridgehead atoms. The Morgan fingerprint density at radius 3 is 2.85 bits per heavy atom. The highest BCUT2D eigenvalue weighted by atomic mass is 16.5. The summed E-state index contributed by atoms with van der Waals surface area (Å²) < 4.78 is 7.83. The van der Waals surface area contributed by atoms with E-state index in [4.69, 9.17) is 4.74 Å². The average molecular weight is 364 g/mol. The lowest BCUT2D eigenvalue weighted by molar-refractivity contribution is -0.0605. The number of hydrogen-bond donors (Lipinski definition) is 0. The van der Waals surface area contributed by atoms with Gasteiger partial charge in [0.15, 0.2) is 0 Å². The van der Waals surface area contributed by atoms with Crippen LogP contribution in [0.3, 0.4) is 0 Å². The maximum Gasteiger partial charge on any atom is 0.254 e. The van der Waals surface area contributed by atoms with E-state index in [9.17, 15) is 4.79 Å². The molecule has 2 aliphatic heterocycles. The molecule has 2 atom stereocenters. The van der Waals surface area contributed by atoms with E-state index in [0.29, 0.717) is 25.3 Å². The van der Waals surface area contributed by atoms with Crippen LogP contribution in [0, 0.1) is 13.8 Å². The van der Waals surface area contributed by atoms with Crippen molar-refractivity contribution in [1.82, 2.24) is 29.9 Å². The van der Waals surface area contributed by atoms with Gasteiger partial charge in [0.25, 0.3) is 5.91 Å². The molecule has 1 aromatic carbocycles. The Hall–Kier alpha value is -2.87. The highest BCUT2D eigenvalue weighted by Gasteiger charge is 2.38. The first-order valence-corrected chi connectivity index (χ1v) is 9.15. The molecule has 138 valence electrons. The van der Waals surface area contributed by atoms with Crippen molar-refractivity contribution < 1.29 is 9.53 Å². The number of ether oxygens (including phenoxy) is 1. The standard InChI is InChI=1S/C19H20N6O2/c1-11-12(2)22-16-7-13(3-4-15(16)21-11)19(26)24-6-5-18-17(9-24)25-14(10-27-18)8-20-23-25/h3-4,7-8,17-18H,5-6,9-10H2,1-2H3. The van der Waals surface area contributed by atoms with Gasteiger partial charge in [-0.3, -0.25) is 4.79 Å². The zero-order chi connectivity index (χ0) is 18.5. The van der Waals surface area contributed by atoms with E-state index in [1.54, 1.807) is 6.20 Å². The number of likely N-dealkylation sites (tertiary alicyclic amines) is 1. The first-order valence-electron chi connectivity index (χ1n) is 9.15. The van der Waals surface area contributed by atoms with E-state index >= 15 is 0 Å². The number of fused-ring (bicyclic) bond motifs is 4. The van der Waals surface area contributed by atoms with Crippen molar-refractivity contribution in [2.45, 2.75) is 39.0 Å². The SMILES string of the molecule is Cc1nc2ccc(C(=O)N3CCC4OCc5cnnn5C4C3)cc2nc1C. The van der Waals surface area contributed by atoms with Gasteiger partial charge in [0.1, 0.15) is 0 Å². The van der Waals surface area contributed by atoms with Gasteiger partial charge in [0.2, 0.25) is 0 Å². The Bertz CT molecular complexity index is 1050. The molecule has 3 aromatic rings. The molecule has 4 heterocycles. The lowest BCUT2D eigenvalue weighted by atomic mass is 9.99. The van der Waals surface area contributed by atoms with E-state index in [0.717, 1.165) is 34.5 Å². The second-order valence-electron chi connectivity index (χ2n) is 7.22. The third-order valence-corrected chi connectivity index (χ3v) is 5.54. The molecule has 8 nitrogen and oxygen atoms in total. The number of piperidine rings is 1. The smallest absolute Gasteiger partial charge is 0.254 e. The summed E-state index contributed by atoms with van der Waals surface area (Å²) in [6.07, 6.45) is 2.60. The highest BCUT2D eigenvalue weighted by Crippen LogP contribution is 2.30. The predicted molar refractivity (Wildman–Crippen MR) is 97.2 cm³/mol. The number of aryl methyl sites for hydroxylation is 2. The molecule has 8 heteroatoms. The Kier molecular flexibility index (Phi) is 3.68. The van der Waals surface area contributed by atoms with Crippen molar-refractivity contribution in [2.75, 3.05) is 13.1 Å². The van der Waals surface area contributed by atoms with Gasteiger partial charge in [-0.05, 0) is 38.5 Å². The third kappa shape index (κ3) is 2.68. The Balaban J connectivity index is 1.43. The number of carbonyl (C=O) groups is 1. The molecule has 1 amide bonds. The number of aromatic nitrogens is 5. The summed E-state index contributed by atoms with van der Waals surface area (Å²) in [5.41, 5.74) is 4.93. The van der Waals surface area contributed by atoms with E-state index in [1.165, 1.54) is 0 Å². The largest absolute Gasteiger partial charge is 0.370 e. The van der Waals surface area contributed by atoms with Crippen molar-refractivity contribution in [3.63, 3.8) is 0 Å². The van der Waals surface area contributed by atoms with Crippen LogP contribution in [-0.4, -0.2) is 55.0 Å². The number of nitrogens with zero attached hydrogens (tertiary/aromatic N) is 6. The van der Waals surface area contributed by atoms with Crippen molar-refractivity contribution >= 4 is 16.9 Å². The molecule has 2 aliphatic rings. The van der Waals surface area contributed by atoms with E-state index in [1.807, 2.05) is 41.6 Å². The van der Waals surface area contributed by atoms with Crippen molar-refractivity contribution in [2.24, 2.45) is 0 Å². The highest BCUT2D eigenvalue weighted by molar-refractivity contribution is 5.97. The molecular formula is C19H20N6O2. The van der Waals surface area contributed by atoms with Gasteiger partial charge in [-0.2, -0.15) is 0 Å². The van der Waals surface area contributed by atoms with Crippen LogP contribution in [0.25, 0.3) is 11.0 Å². The summed E-state index contributed by atoms with van der Waals surface area (Å²) in [5, 5.41) is 8.18.